The number of nitrogens with one attached hydrogen (secondary N) is 1. The van der Waals surface area contributed by atoms with Crippen LogP contribution in [0.2, 0.25) is 0 Å². The first-order valence-corrected chi connectivity index (χ1v) is 7.61. The highest BCUT2D eigenvalue weighted by atomic mass is 19.2. The quantitative estimate of drug-likeness (QED) is 0.500. The van der Waals surface area contributed by atoms with Gasteiger partial charge < -0.3 is 19.5 Å². The Morgan fingerprint density at radius 1 is 1.29 bits per heavy atom. The van der Waals surface area contributed by atoms with Crippen molar-refractivity contribution in [2.45, 2.75) is 6.54 Å². The summed E-state index contributed by atoms with van der Waals surface area (Å²) in [4.78, 5) is 6.22. The molecule has 0 saturated carbocycles. The summed E-state index contributed by atoms with van der Waals surface area (Å²) in [6, 6.07) is 7.52. The molecule has 1 N–H and O–H groups in total. The van der Waals surface area contributed by atoms with Crippen LogP contribution in [0.25, 0.3) is 0 Å². The molecule has 0 aliphatic heterocycles. The fourth-order valence-electron chi connectivity index (χ4n) is 2.26. The summed E-state index contributed by atoms with van der Waals surface area (Å²) in [6.07, 6.45) is 2.00. The van der Waals surface area contributed by atoms with E-state index in [2.05, 4.69) is 20.9 Å². The summed E-state index contributed by atoms with van der Waals surface area (Å²) in [5, 5.41) is 3.17. The van der Waals surface area contributed by atoms with E-state index in [4.69, 9.17) is 4.74 Å². The van der Waals surface area contributed by atoms with Gasteiger partial charge in [0.05, 0.1) is 13.1 Å². The van der Waals surface area contributed by atoms with Crippen LogP contribution in [0.15, 0.2) is 41.5 Å². The average molecular weight is 336 g/mol. The summed E-state index contributed by atoms with van der Waals surface area (Å²) in [7, 11) is 5.65. The van der Waals surface area contributed by atoms with Gasteiger partial charge in [0.25, 0.3) is 0 Å². The zero-order valence-electron chi connectivity index (χ0n) is 14.1. The van der Waals surface area contributed by atoms with Crippen molar-refractivity contribution >= 4 is 5.96 Å². The number of benzene rings is 1. The van der Waals surface area contributed by atoms with Crippen molar-refractivity contribution in [2.75, 3.05) is 27.2 Å². The molecule has 0 fully saturated rings. The summed E-state index contributed by atoms with van der Waals surface area (Å²) >= 11 is 0. The lowest BCUT2D eigenvalue weighted by atomic mass is 10.3. The maximum absolute atomic E-state index is 13.1. The Hall–Kier alpha value is -2.57. The first kappa shape index (κ1) is 17.8. The van der Waals surface area contributed by atoms with Crippen molar-refractivity contribution in [2.24, 2.45) is 12.0 Å². The molecule has 1 heterocycles. The fourth-order valence-corrected chi connectivity index (χ4v) is 2.26. The number of rotatable bonds is 6. The number of aliphatic imine (C=N–C) groups is 1. The van der Waals surface area contributed by atoms with Crippen molar-refractivity contribution in [3.05, 3.63) is 53.9 Å². The lowest BCUT2D eigenvalue weighted by molar-refractivity contribution is 0.316. The molecule has 0 saturated heterocycles. The number of aryl methyl sites for hydroxylation is 1. The van der Waals surface area contributed by atoms with E-state index in [-0.39, 0.29) is 0 Å². The Morgan fingerprint density at radius 3 is 2.71 bits per heavy atom. The van der Waals surface area contributed by atoms with Crippen LogP contribution in [-0.4, -0.2) is 42.7 Å². The first-order chi connectivity index (χ1) is 11.5. The highest BCUT2D eigenvalue weighted by Crippen LogP contribution is 2.15. The predicted molar refractivity (Wildman–Crippen MR) is 90.1 cm³/mol. The Bertz CT molecular complexity index is 700. The number of ether oxygens (including phenoxy) is 1. The lowest BCUT2D eigenvalue weighted by Gasteiger charge is -2.22. The van der Waals surface area contributed by atoms with Crippen LogP contribution in [0, 0.1) is 11.6 Å². The van der Waals surface area contributed by atoms with Gasteiger partial charge in [-0.05, 0) is 24.3 Å². The number of hydrogen-bond donors (Lipinski definition) is 1. The van der Waals surface area contributed by atoms with Crippen molar-refractivity contribution in [3.8, 4) is 5.75 Å². The molecule has 1 aromatic carbocycles. The zero-order chi connectivity index (χ0) is 17.5. The van der Waals surface area contributed by atoms with Gasteiger partial charge in [-0.1, -0.05) is 0 Å². The molecule has 0 radical (unpaired) electrons. The second-order valence-electron chi connectivity index (χ2n) is 5.36. The van der Waals surface area contributed by atoms with E-state index >= 15 is 0 Å². The van der Waals surface area contributed by atoms with Crippen LogP contribution in [0.3, 0.4) is 0 Å². The highest BCUT2D eigenvalue weighted by Gasteiger charge is 2.08. The Kier molecular flexibility index (Phi) is 6.17. The van der Waals surface area contributed by atoms with E-state index in [9.17, 15) is 8.78 Å². The molecular formula is C17H22F2N4O. The van der Waals surface area contributed by atoms with Crippen LogP contribution in [0.4, 0.5) is 8.78 Å². The van der Waals surface area contributed by atoms with Crippen molar-refractivity contribution < 1.29 is 13.5 Å². The number of halogens is 2. The number of nitrogens with zero attached hydrogens (tertiary/aromatic N) is 3. The van der Waals surface area contributed by atoms with Gasteiger partial charge in [0, 0.05) is 39.1 Å². The third kappa shape index (κ3) is 4.71. The molecule has 0 spiro atoms. The van der Waals surface area contributed by atoms with E-state index in [1.807, 2.05) is 31.3 Å². The summed E-state index contributed by atoms with van der Waals surface area (Å²) < 4.78 is 33.4. The van der Waals surface area contributed by atoms with Crippen LogP contribution >= 0.6 is 0 Å². The second kappa shape index (κ2) is 8.33. The molecular weight excluding hydrogens is 314 g/mol. The van der Waals surface area contributed by atoms with Gasteiger partial charge in [0.2, 0.25) is 0 Å². The van der Waals surface area contributed by atoms with Crippen LogP contribution in [0.1, 0.15) is 5.69 Å². The smallest absolute Gasteiger partial charge is 0.193 e. The third-order valence-electron chi connectivity index (χ3n) is 3.57. The fraction of sp³-hybridized carbons (Fsp3) is 0.353. The average Bonchev–Trinajstić information content (AvgIpc) is 2.95. The molecule has 0 atom stereocenters. The molecule has 0 aliphatic carbocycles. The minimum atomic E-state index is -0.918. The topological polar surface area (TPSA) is 41.8 Å². The van der Waals surface area contributed by atoms with Gasteiger partial charge in [-0.3, -0.25) is 4.99 Å². The molecule has 7 heteroatoms. The summed E-state index contributed by atoms with van der Waals surface area (Å²) in [5.74, 6) is -0.783. The van der Waals surface area contributed by atoms with Crippen molar-refractivity contribution in [1.29, 1.82) is 0 Å². The van der Waals surface area contributed by atoms with E-state index in [1.54, 1.807) is 7.05 Å². The van der Waals surface area contributed by atoms with Gasteiger partial charge in [0.1, 0.15) is 12.4 Å². The molecule has 1 aromatic heterocycles. The SMILES string of the molecule is CN=C(NCCOc1ccc(F)c(F)c1)N(C)Cc1cccn1C. The highest BCUT2D eigenvalue weighted by molar-refractivity contribution is 5.79. The van der Waals surface area contributed by atoms with E-state index in [1.165, 1.54) is 11.8 Å². The molecule has 0 amide bonds. The first-order valence-electron chi connectivity index (χ1n) is 7.61. The minimum absolute atomic E-state index is 0.294. The normalized spacial score (nSPS) is 11.5. The molecule has 0 unspecified atom stereocenters. The zero-order valence-corrected chi connectivity index (χ0v) is 14.1. The van der Waals surface area contributed by atoms with E-state index in [0.29, 0.717) is 25.4 Å². The largest absolute Gasteiger partial charge is 0.492 e. The van der Waals surface area contributed by atoms with Crippen LogP contribution in [-0.2, 0) is 13.6 Å². The number of guanidine groups is 1. The Balaban J connectivity index is 1.79. The van der Waals surface area contributed by atoms with Gasteiger partial charge in [-0.25, -0.2) is 8.78 Å². The Labute approximate surface area is 140 Å². The minimum Gasteiger partial charge on any atom is -0.492 e. The molecule has 5 nitrogen and oxygen atoms in total. The van der Waals surface area contributed by atoms with Crippen LogP contribution < -0.4 is 10.1 Å². The summed E-state index contributed by atoms with van der Waals surface area (Å²) in [6.45, 7) is 1.51. The van der Waals surface area contributed by atoms with E-state index in [0.717, 1.165) is 18.1 Å². The third-order valence-corrected chi connectivity index (χ3v) is 3.57. The van der Waals surface area contributed by atoms with Gasteiger partial charge >= 0.3 is 0 Å². The molecule has 2 rings (SSSR count). The molecule has 24 heavy (non-hydrogen) atoms. The maximum atomic E-state index is 13.1. The maximum Gasteiger partial charge on any atom is 0.193 e. The molecule has 2 aromatic rings. The van der Waals surface area contributed by atoms with Crippen LogP contribution in [0.5, 0.6) is 5.75 Å². The molecule has 0 aliphatic rings. The Morgan fingerprint density at radius 2 is 2.08 bits per heavy atom. The van der Waals surface area contributed by atoms with Gasteiger partial charge in [-0.15, -0.1) is 0 Å². The number of hydrogen-bond acceptors (Lipinski definition) is 2. The lowest BCUT2D eigenvalue weighted by Crippen LogP contribution is -2.40. The molecule has 130 valence electrons. The predicted octanol–water partition coefficient (Wildman–Crippen LogP) is 2.39. The summed E-state index contributed by atoms with van der Waals surface area (Å²) in [5.41, 5.74) is 1.17. The number of aromatic nitrogens is 1. The monoisotopic (exact) mass is 336 g/mol. The van der Waals surface area contributed by atoms with Crippen molar-refractivity contribution in [1.82, 2.24) is 14.8 Å². The van der Waals surface area contributed by atoms with Crippen molar-refractivity contribution in [3.63, 3.8) is 0 Å². The standard InChI is InChI=1S/C17H22F2N4O/c1-20-17(23(3)12-13-5-4-9-22(13)2)21-8-10-24-14-6-7-15(18)16(19)11-14/h4-7,9,11H,8,10,12H2,1-3H3,(H,20,21). The second-order valence-corrected chi connectivity index (χ2v) is 5.36. The molecule has 0 bridgehead atoms. The van der Waals surface area contributed by atoms with Gasteiger partial charge in [-0.2, -0.15) is 0 Å². The van der Waals surface area contributed by atoms with E-state index < -0.39 is 11.6 Å². The van der Waals surface area contributed by atoms with Gasteiger partial charge in [0.15, 0.2) is 17.6 Å².